The minimum Gasteiger partial charge on any atom is -0.374 e. The second kappa shape index (κ2) is 8.11. The van der Waals surface area contributed by atoms with Gasteiger partial charge in [-0.05, 0) is 51.4 Å². The topological polar surface area (TPSA) is 21.3 Å². The van der Waals surface area contributed by atoms with Gasteiger partial charge in [-0.1, -0.05) is 29.8 Å². The molecule has 0 amide bonds. The molecule has 1 aromatic carbocycles. The number of nitrogens with one attached hydrogen (secondary N) is 1. The summed E-state index contributed by atoms with van der Waals surface area (Å²) in [7, 11) is 0. The van der Waals surface area contributed by atoms with E-state index in [4.69, 9.17) is 4.74 Å². The quantitative estimate of drug-likeness (QED) is 0.728. The monoisotopic (exact) mass is 345 g/mol. The predicted molar refractivity (Wildman–Crippen MR) is 85.5 cm³/mol. The summed E-state index contributed by atoms with van der Waals surface area (Å²) >= 11 is 3.43. The molecule has 0 saturated heterocycles. The van der Waals surface area contributed by atoms with Gasteiger partial charge in [0.2, 0.25) is 0 Å². The molecule has 0 heterocycles. The van der Waals surface area contributed by atoms with Crippen molar-refractivity contribution >= 4 is 15.9 Å². The van der Waals surface area contributed by atoms with Gasteiger partial charge in [0.15, 0.2) is 0 Å². The highest BCUT2D eigenvalue weighted by molar-refractivity contribution is 9.10. The highest BCUT2D eigenvalue weighted by Gasteiger charge is 2.35. The Morgan fingerprint density at radius 1 is 1.35 bits per heavy atom. The van der Waals surface area contributed by atoms with Crippen molar-refractivity contribution in [3.8, 4) is 0 Å². The lowest BCUT2D eigenvalue weighted by Gasteiger charge is -2.38. The van der Waals surface area contributed by atoms with Gasteiger partial charge in [-0.25, -0.2) is 4.39 Å². The summed E-state index contributed by atoms with van der Waals surface area (Å²) in [6.07, 6.45) is 1.81. The van der Waals surface area contributed by atoms with E-state index in [-0.39, 0.29) is 11.9 Å². The lowest BCUT2D eigenvalue weighted by atomic mass is 9.87. The largest absolute Gasteiger partial charge is 0.374 e. The van der Waals surface area contributed by atoms with Crippen LogP contribution in [-0.4, -0.2) is 18.8 Å². The SMILES string of the molecule is CCCNC(c1cc(Br)ccc1F)C(C)(CC)OCC. The van der Waals surface area contributed by atoms with Crippen molar-refractivity contribution in [3.05, 3.63) is 34.1 Å². The summed E-state index contributed by atoms with van der Waals surface area (Å²) in [5, 5.41) is 3.44. The Morgan fingerprint density at radius 2 is 2.05 bits per heavy atom. The second-order valence-electron chi connectivity index (χ2n) is 5.15. The first-order valence-corrected chi connectivity index (χ1v) is 8.10. The summed E-state index contributed by atoms with van der Waals surface area (Å²) < 4.78 is 21.1. The number of hydrogen-bond donors (Lipinski definition) is 1. The molecule has 20 heavy (non-hydrogen) atoms. The van der Waals surface area contributed by atoms with Crippen LogP contribution in [0.15, 0.2) is 22.7 Å². The molecule has 0 fully saturated rings. The molecular weight excluding hydrogens is 321 g/mol. The van der Waals surface area contributed by atoms with Crippen LogP contribution in [0.1, 0.15) is 52.1 Å². The van der Waals surface area contributed by atoms with Crippen molar-refractivity contribution in [3.63, 3.8) is 0 Å². The standard InChI is InChI=1S/C16H25BrFNO/c1-5-10-19-15(16(4,6-2)20-7-3)13-11-12(17)8-9-14(13)18/h8-9,11,15,19H,5-7,10H2,1-4H3. The van der Waals surface area contributed by atoms with Crippen LogP contribution in [0, 0.1) is 5.82 Å². The van der Waals surface area contributed by atoms with Crippen LogP contribution in [-0.2, 0) is 4.74 Å². The summed E-state index contributed by atoms with van der Waals surface area (Å²) in [5.41, 5.74) is 0.233. The Bertz CT molecular complexity index is 427. The van der Waals surface area contributed by atoms with E-state index in [0.717, 1.165) is 23.9 Å². The van der Waals surface area contributed by atoms with Gasteiger partial charge >= 0.3 is 0 Å². The second-order valence-corrected chi connectivity index (χ2v) is 6.07. The molecule has 2 unspecified atom stereocenters. The molecule has 1 N–H and O–H groups in total. The van der Waals surface area contributed by atoms with E-state index in [9.17, 15) is 4.39 Å². The van der Waals surface area contributed by atoms with Gasteiger partial charge in [0.05, 0.1) is 11.6 Å². The summed E-state index contributed by atoms with van der Waals surface area (Å²) in [4.78, 5) is 0. The normalized spacial score (nSPS) is 15.9. The van der Waals surface area contributed by atoms with Crippen molar-refractivity contribution in [1.82, 2.24) is 5.32 Å². The lowest BCUT2D eigenvalue weighted by Crippen LogP contribution is -2.44. The zero-order valence-corrected chi connectivity index (χ0v) is 14.4. The maximum atomic E-state index is 14.2. The van der Waals surface area contributed by atoms with E-state index >= 15 is 0 Å². The Kier molecular flexibility index (Phi) is 7.13. The van der Waals surface area contributed by atoms with Crippen molar-refractivity contribution in [2.24, 2.45) is 0 Å². The zero-order chi connectivity index (χ0) is 15.2. The third-order valence-corrected chi connectivity index (χ3v) is 4.15. The van der Waals surface area contributed by atoms with E-state index in [1.54, 1.807) is 6.07 Å². The molecule has 2 atom stereocenters. The molecule has 0 aliphatic heterocycles. The molecule has 1 rings (SSSR count). The number of halogens is 2. The Labute approximate surface area is 130 Å². The van der Waals surface area contributed by atoms with Gasteiger partial charge in [-0.15, -0.1) is 0 Å². The summed E-state index contributed by atoms with van der Waals surface area (Å²) in [6.45, 7) is 9.65. The van der Waals surface area contributed by atoms with Gasteiger partial charge in [0, 0.05) is 16.6 Å². The van der Waals surface area contributed by atoms with Crippen LogP contribution in [0.2, 0.25) is 0 Å². The molecule has 0 aliphatic rings. The third kappa shape index (κ3) is 4.27. The van der Waals surface area contributed by atoms with Gasteiger partial charge in [0.25, 0.3) is 0 Å². The van der Waals surface area contributed by atoms with Gasteiger partial charge < -0.3 is 10.1 Å². The maximum Gasteiger partial charge on any atom is 0.128 e. The van der Waals surface area contributed by atoms with Crippen LogP contribution >= 0.6 is 15.9 Å². The molecule has 2 nitrogen and oxygen atoms in total. The van der Waals surface area contributed by atoms with Crippen molar-refractivity contribution < 1.29 is 9.13 Å². The number of rotatable bonds is 8. The van der Waals surface area contributed by atoms with Gasteiger partial charge in [0.1, 0.15) is 5.82 Å². The van der Waals surface area contributed by atoms with Gasteiger partial charge in [-0.3, -0.25) is 0 Å². The fourth-order valence-electron chi connectivity index (χ4n) is 2.40. The van der Waals surface area contributed by atoms with Crippen molar-refractivity contribution in [2.75, 3.05) is 13.2 Å². The van der Waals surface area contributed by atoms with Crippen LogP contribution in [0.5, 0.6) is 0 Å². The molecule has 1 aromatic rings. The Balaban J connectivity index is 3.19. The third-order valence-electron chi connectivity index (χ3n) is 3.65. The first kappa shape index (κ1) is 17.6. The molecule has 4 heteroatoms. The predicted octanol–water partition coefficient (Wildman–Crippen LogP) is 4.83. The van der Waals surface area contributed by atoms with Crippen molar-refractivity contribution in [2.45, 2.75) is 52.2 Å². The highest BCUT2D eigenvalue weighted by atomic mass is 79.9. The molecule has 0 aromatic heterocycles. The van der Waals surface area contributed by atoms with Crippen LogP contribution in [0.4, 0.5) is 4.39 Å². The zero-order valence-electron chi connectivity index (χ0n) is 12.8. The first-order chi connectivity index (χ1) is 9.48. The smallest absolute Gasteiger partial charge is 0.128 e. The van der Waals surface area contributed by atoms with E-state index in [0.29, 0.717) is 12.2 Å². The molecule has 0 bridgehead atoms. The molecular formula is C16H25BrFNO. The number of benzene rings is 1. The van der Waals surface area contributed by atoms with Crippen LogP contribution < -0.4 is 5.32 Å². The number of hydrogen-bond acceptors (Lipinski definition) is 2. The lowest BCUT2D eigenvalue weighted by molar-refractivity contribution is -0.0570. The Hall–Kier alpha value is -0.450. The average molecular weight is 346 g/mol. The maximum absolute atomic E-state index is 14.2. The summed E-state index contributed by atoms with van der Waals surface area (Å²) in [6, 6.07) is 4.90. The molecule has 0 saturated carbocycles. The molecule has 0 spiro atoms. The Morgan fingerprint density at radius 3 is 2.60 bits per heavy atom. The van der Waals surface area contributed by atoms with Crippen LogP contribution in [0.3, 0.4) is 0 Å². The minimum atomic E-state index is -0.425. The molecule has 0 aliphatic carbocycles. The molecule has 114 valence electrons. The fraction of sp³-hybridized carbons (Fsp3) is 0.625. The van der Waals surface area contributed by atoms with Crippen molar-refractivity contribution in [1.29, 1.82) is 0 Å². The average Bonchev–Trinajstić information content (AvgIpc) is 2.43. The first-order valence-electron chi connectivity index (χ1n) is 7.30. The fourth-order valence-corrected chi connectivity index (χ4v) is 2.78. The molecule has 0 radical (unpaired) electrons. The van der Waals surface area contributed by atoms with E-state index < -0.39 is 5.60 Å². The van der Waals surface area contributed by atoms with E-state index in [1.807, 2.05) is 19.9 Å². The number of ether oxygens (including phenoxy) is 1. The van der Waals surface area contributed by atoms with E-state index in [1.165, 1.54) is 6.07 Å². The van der Waals surface area contributed by atoms with E-state index in [2.05, 4.69) is 35.1 Å². The highest BCUT2D eigenvalue weighted by Crippen LogP contribution is 2.34. The van der Waals surface area contributed by atoms with Crippen LogP contribution in [0.25, 0.3) is 0 Å². The summed E-state index contributed by atoms with van der Waals surface area (Å²) in [5.74, 6) is -0.193. The minimum absolute atomic E-state index is 0.162. The van der Waals surface area contributed by atoms with Gasteiger partial charge in [-0.2, -0.15) is 0 Å².